The van der Waals surface area contributed by atoms with Crippen LogP contribution in [0, 0.1) is 0 Å². The molecular weight excluding hydrogens is 276 g/mol. The Morgan fingerprint density at radius 1 is 1.18 bits per heavy atom. The van der Waals surface area contributed by atoms with Crippen LogP contribution in [0.15, 0.2) is 47.1 Å². The second-order valence-corrected chi connectivity index (χ2v) is 4.72. The molecule has 3 heteroatoms. The number of aromatic nitrogens is 1. The second-order valence-electron chi connectivity index (χ2n) is 3.87. The molecule has 0 saturated heterocycles. The van der Waals surface area contributed by atoms with E-state index >= 15 is 0 Å². The van der Waals surface area contributed by atoms with Crippen molar-refractivity contribution < 1.29 is 0 Å². The molecule has 1 N–H and O–H groups in total. The zero-order valence-corrected chi connectivity index (χ0v) is 11.4. The van der Waals surface area contributed by atoms with Crippen LogP contribution in [0.3, 0.4) is 0 Å². The van der Waals surface area contributed by atoms with Crippen LogP contribution in [0.4, 0.5) is 11.5 Å². The zero-order valence-electron chi connectivity index (χ0n) is 9.78. The van der Waals surface area contributed by atoms with Crippen molar-refractivity contribution in [1.29, 1.82) is 0 Å². The lowest BCUT2D eigenvalue weighted by atomic mass is 10.1. The third-order valence-electron chi connectivity index (χ3n) is 2.55. The Kier molecular flexibility index (Phi) is 4.15. The Balaban J connectivity index is 2.27. The normalized spacial score (nSPS) is 10.2. The first-order valence-corrected chi connectivity index (χ1v) is 6.56. The predicted octanol–water partition coefficient (Wildman–Crippen LogP) is 4.54. The van der Waals surface area contributed by atoms with Gasteiger partial charge in [0, 0.05) is 11.9 Å². The quantitative estimate of drug-likeness (QED) is 0.894. The molecule has 1 aromatic heterocycles. The molecule has 0 aliphatic heterocycles. The van der Waals surface area contributed by atoms with Gasteiger partial charge in [-0.3, -0.25) is 0 Å². The van der Waals surface area contributed by atoms with Crippen LogP contribution in [0.5, 0.6) is 0 Å². The Bertz CT molecular complexity index is 497. The van der Waals surface area contributed by atoms with Gasteiger partial charge in [0.05, 0.1) is 4.47 Å². The van der Waals surface area contributed by atoms with E-state index in [9.17, 15) is 0 Å². The van der Waals surface area contributed by atoms with E-state index in [4.69, 9.17) is 0 Å². The Morgan fingerprint density at radius 2 is 2.00 bits per heavy atom. The smallest absolute Gasteiger partial charge is 0.144 e. The molecule has 0 fully saturated rings. The molecule has 0 spiro atoms. The number of pyridine rings is 1. The molecule has 17 heavy (non-hydrogen) atoms. The molecule has 1 heterocycles. The molecule has 0 radical (unpaired) electrons. The van der Waals surface area contributed by atoms with Gasteiger partial charge in [0.15, 0.2) is 0 Å². The molecule has 88 valence electrons. The van der Waals surface area contributed by atoms with E-state index < -0.39 is 0 Å². The third kappa shape index (κ3) is 3.07. The van der Waals surface area contributed by atoms with Gasteiger partial charge in [-0.05, 0) is 46.1 Å². The van der Waals surface area contributed by atoms with Crippen LogP contribution < -0.4 is 5.32 Å². The van der Waals surface area contributed by atoms with Gasteiger partial charge in [-0.2, -0.15) is 0 Å². The number of benzene rings is 1. The van der Waals surface area contributed by atoms with Crippen LogP contribution in [-0.4, -0.2) is 4.98 Å². The molecule has 0 aliphatic carbocycles. The van der Waals surface area contributed by atoms with Gasteiger partial charge < -0.3 is 5.32 Å². The Hall–Kier alpha value is -1.35. The summed E-state index contributed by atoms with van der Waals surface area (Å²) < 4.78 is 0.978. The number of nitrogens with one attached hydrogen (secondary N) is 1. The van der Waals surface area contributed by atoms with E-state index in [-0.39, 0.29) is 0 Å². The maximum atomic E-state index is 4.32. The Labute approximate surface area is 110 Å². The molecule has 1 aromatic carbocycles. The van der Waals surface area contributed by atoms with Crippen LogP contribution in [0.1, 0.15) is 18.9 Å². The van der Waals surface area contributed by atoms with Gasteiger partial charge >= 0.3 is 0 Å². The van der Waals surface area contributed by atoms with Crippen molar-refractivity contribution in [2.24, 2.45) is 0 Å². The summed E-state index contributed by atoms with van der Waals surface area (Å²) in [6, 6.07) is 12.3. The highest BCUT2D eigenvalue weighted by molar-refractivity contribution is 9.10. The maximum Gasteiger partial charge on any atom is 0.144 e. The summed E-state index contributed by atoms with van der Waals surface area (Å²) >= 11 is 3.49. The van der Waals surface area contributed by atoms with E-state index in [0.29, 0.717) is 0 Å². The largest absolute Gasteiger partial charge is 0.339 e. The minimum Gasteiger partial charge on any atom is -0.339 e. The van der Waals surface area contributed by atoms with Gasteiger partial charge in [-0.25, -0.2) is 4.98 Å². The summed E-state index contributed by atoms with van der Waals surface area (Å²) in [6.07, 6.45) is 4.01. The fraction of sp³-hybridized carbons (Fsp3) is 0.214. The molecule has 0 saturated carbocycles. The number of hydrogen-bond acceptors (Lipinski definition) is 2. The summed E-state index contributed by atoms with van der Waals surface area (Å²) in [6.45, 7) is 2.19. The number of halogens is 1. The predicted molar refractivity (Wildman–Crippen MR) is 75.7 cm³/mol. The maximum absolute atomic E-state index is 4.32. The van der Waals surface area contributed by atoms with Crippen LogP contribution >= 0.6 is 15.9 Å². The van der Waals surface area contributed by atoms with Crippen molar-refractivity contribution in [3.63, 3.8) is 0 Å². The summed E-state index contributed by atoms with van der Waals surface area (Å²) in [4.78, 5) is 4.32. The zero-order chi connectivity index (χ0) is 12.1. The molecule has 0 bridgehead atoms. The SMILES string of the molecule is CCCc1ccccc1Nc1ncccc1Br. The van der Waals surface area contributed by atoms with Crippen LogP contribution in [-0.2, 0) is 6.42 Å². The summed E-state index contributed by atoms with van der Waals surface area (Å²) in [5.74, 6) is 0.857. The topological polar surface area (TPSA) is 24.9 Å². The molecule has 2 aromatic rings. The average molecular weight is 291 g/mol. The van der Waals surface area contributed by atoms with Crippen molar-refractivity contribution in [2.45, 2.75) is 19.8 Å². The van der Waals surface area contributed by atoms with Gasteiger partial charge in [-0.15, -0.1) is 0 Å². The van der Waals surface area contributed by atoms with Crippen molar-refractivity contribution in [3.05, 3.63) is 52.6 Å². The number of anilines is 2. The lowest BCUT2D eigenvalue weighted by Crippen LogP contribution is -1.98. The van der Waals surface area contributed by atoms with Crippen molar-refractivity contribution in [2.75, 3.05) is 5.32 Å². The van der Waals surface area contributed by atoms with E-state index in [2.05, 4.69) is 51.4 Å². The lowest BCUT2D eigenvalue weighted by molar-refractivity contribution is 0.923. The van der Waals surface area contributed by atoms with Crippen molar-refractivity contribution in [1.82, 2.24) is 4.98 Å². The summed E-state index contributed by atoms with van der Waals surface area (Å²) in [5, 5.41) is 3.37. The molecule has 2 rings (SSSR count). The lowest BCUT2D eigenvalue weighted by Gasteiger charge is -2.11. The second kappa shape index (κ2) is 5.82. The molecule has 0 unspecified atom stereocenters. The average Bonchev–Trinajstić information content (AvgIpc) is 2.35. The standard InChI is InChI=1S/C14H15BrN2/c1-2-6-11-7-3-4-9-13(11)17-14-12(15)8-5-10-16-14/h3-5,7-10H,2,6H2,1H3,(H,16,17). The highest BCUT2D eigenvalue weighted by atomic mass is 79.9. The first-order valence-electron chi connectivity index (χ1n) is 5.76. The summed E-state index contributed by atoms with van der Waals surface area (Å²) in [5.41, 5.74) is 2.46. The number of nitrogens with zero attached hydrogens (tertiary/aromatic N) is 1. The van der Waals surface area contributed by atoms with Crippen LogP contribution in [0.2, 0.25) is 0 Å². The summed E-state index contributed by atoms with van der Waals surface area (Å²) in [7, 11) is 0. The van der Waals surface area contributed by atoms with Crippen LogP contribution in [0.25, 0.3) is 0 Å². The highest BCUT2D eigenvalue weighted by Crippen LogP contribution is 2.25. The molecule has 0 atom stereocenters. The van der Waals surface area contributed by atoms with E-state index in [1.807, 2.05) is 18.2 Å². The van der Waals surface area contributed by atoms with E-state index in [0.717, 1.165) is 28.8 Å². The minimum absolute atomic E-state index is 0.857. The van der Waals surface area contributed by atoms with Gasteiger partial charge in [-0.1, -0.05) is 31.5 Å². The van der Waals surface area contributed by atoms with Gasteiger partial charge in [0.2, 0.25) is 0 Å². The monoisotopic (exact) mass is 290 g/mol. The Morgan fingerprint density at radius 3 is 2.76 bits per heavy atom. The number of hydrogen-bond donors (Lipinski definition) is 1. The van der Waals surface area contributed by atoms with Crippen molar-refractivity contribution >= 4 is 27.4 Å². The number of rotatable bonds is 4. The molecule has 0 amide bonds. The first kappa shape index (κ1) is 12.1. The number of aryl methyl sites for hydroxylation is 1. The van der Waals surface area contributed by atoms with Gasteiger partial charge in [0.25, 0.3) is 0 Å². The molecule has 0 aliphatic rings. The van der Waals surface area contributed by atoms with E-state index in [1.54, 1.807) is 6.20 Å². The first-order chi connectivity index (χ1) is 8.31. The highest BCUT2D eigenvalue weighted by Gasteiger charge is 2.04. The van der Waals surface area contributed by atoms with E-state index in [1.165, 1.54) is 5.56 Å². The van der Waals surface area contributed by atoms with Crippen molar-refractivity contribution in [3.8, 4) is 0 Å². The molecule has 2 nitrogen and oxygen atoms in total. The number of para-hydroxylation sites is 1. The third-order valence-corrected chi connectivity index (χ3v) is 3.19. The molecular formula is C14H15BrN2. The fourth-order valence-corrected chi connectivity index (χ4v) is 2.09. The minimum atomic E-state index is 0.857. The fourth-order valence-electron chi connectivity index (χ4n) is 1.73. The van der Waals surface area contributed by atoms with Gasteiger partial charge in [0.1, 0.15) is 5.82 Å².